The van der Waals surface area contributed by atoms with Crippen molar-refractivity contribution in [3.8, 4) is 16.9 Å². The van der Waals surface area contributed by atoms with Gasteiger partial charge in [-0.25, -0.2) is 4.98 Å². The summed E-state index contributed by atoms with van der Waals surface area (Å²) in [4.78, 5) is 4.45. The molecule has 0 radical (unpaired) electrons. The molecule has 3 aromatic rings. The van der Waals surface area contributed by atoms with E-state index in [0.717, 1.165) is 12.2 Å². The molecule has 2 aromatic heterocycles. The summed E-state index contributed by atoms with van der Waals surface area (Å²) in [6.45, 7) is 2.17. The van der Waals surface area contributed by atoms with Crippen LogP contribution in [0.25, 0.3) is 16.9 Å². The van der Waals surface area contributed by atoms with Gasteiger partial charge in [0, 0.05) is 24.9 Å². The normalized spacial score (nSPS) is 12.3. The molecular weight excluding hydrogens is 246 g/mol. The first kappa shape index (κ1) is 11.4. The number of nitrogens with zero attached hydrogens (tertiary/aromatic N) is 3. The topological polar surface area (TPSA) is 21.7 Å². The summed E-state index contributed by atoms with van der Waals surface area (Å²) in [7, 11) is 2.11. The van der Waals surface area contributed by atoms with E-state index in [0.29, 0.717) is 0 Å². The first-order valence-electron chi connectivity index (χ1n) is 6.86. The number of fused-ring (bicyclic) bond motifs is 3. The van der Waals surface area contributed by atoms with Crippen molar-refractivity contribution in [2.75, 3.05) is 0 Å². The van der Waals surface area contributed by atoms with Crippen LogP contribution in [0.2, 0.25) is 0 Å². The van der Waals surface area contributed by atoms with E-state index in [2.05, 4.69) is 70.8 Å². The highest BCUT2D eigenvalue weighted by atomic mass is 15.1. The summed E-state index contributed by atoms with van der Waals surface area (Å²) >= 11 is 0. The molecule has 0 amide bonds. The van der Waals surface area contributed by atoms with Gasteiger partial charge in [-0.05, 0) is 24.1 Å². The highest BCUT2D eigenvalue weighted by Crippen LogP contribution is 2.34. The monoisotopic (exact) mass is 262 g/mol. The maximum atomic E-state index is 4.45. The maximum absolute atomic E-state index is 4.45. The molecule has 3 nitrogen and oxygen atoms in total. The average molecular weight is 262 g/mol. The first-order chi connectivity index (χ1) is 9.75. The lowest BCUT2D eigenvalue weighted by Crippen LogP contribution is -2.32. The van der Waals surface area contributed by atoms with Gasteiger partial charge in [-0.2, -0.15) is 4.57 Å². The van der Waals surface area contributed by atoms with E-state index < -0.39 is 0 Å². The molecule has 3 heteroatoms. The van der Waals surface area contributed by atoms with E-state index >= 15 is 0 Å². The molecular formula is C17H16N3+. The molecule has 0 saturated heterocycles. The van der Waals surface area contributed by atoms with Crippen molar-refractivity contribution in [2.45, 2.75) is 13.3 Å². The van der Waals surface area contributed by atoms with Crippen LogP contribution in [0.5, 0.6) is 0 Å². The molecule has 0 saturated carbocycles. The Morgan fingerprint density at radius 2 is 2.05 bits per heavy atom. The van der Waals surface area contributed by atoms with Gasteiger partial charge in [0.15, 0.2) is 6.20 Å². The predicted octanol–water partition coefficient (Wildman–Crippen LogP) is 2.58. The van der Waals surface area contributed by atoms with Gasteiger partial charge in [-0.15, -0.1) is 0 Å². The number of imidazole rings is 1. The molecule has 3 heterocycles. The summed E-state index contributed by atoms with van der Waals surface area (Å²) in [5, 5.41) is 0. The second-order valence-electron chi connectivity index (χ2n) is 5.35. The van der Waals surface area contributed by atoms with E-state index in [1.807, 2.05) is 6.20 Å². The van der Waals surface area contributed by atoms with E-state index in [1.54, 1.807) is 0 Å². The molecule has 0 unspecified atom stereocenters. The minimum absolute atomic E-state index is 0.919. The van der Waals surface area contributed by atoms with Gasteiger partial charge in [0.2, 0.25) is 5.69 Å². The zero-order valence-electron chi connectivity index (χ0n) is 11.7. The fraction of sp³-hybridized carbons (Fsp3) is 0.176. The summed E-state index contributed by atoms with van der Waals surface area (Å²) in [5.74, 6) is 1.13. The van der Waals surface area contributed by atoms with Crippen LogP contribution >= 0.6 is 0 Å². The van der Waals surface area contributed by atoms with Crippen LogP contribution < -0.4 is 4.57 Å². The van der Waals surface area contributed by atoms with Crippen molar-refractivity contribution in [3.63, 3.8) is 0 Å². The van der Waals surface area contributed by atoms with Gasteiger partial charge in [0.1, 0.15) is 18.6 Å². The third kappa shape index (κ3) is 1.46. The van der Waals surface area contributed by atoms with Crippen molar-refractivity contribution >= 4 is 0 Å². The van der Waals surface area contributed by atoms with Crippen LogP contribution in [0.3, 0.4) is 0 Å². The Labute approximate surface area is 118 Å². The van der Waals surface area contributed by atoms with Crippen LogP contribution in [-0.2, 0) is 13.5 Å². The SMILES string of the molecule is Cc1ccccc1-c1c2c(cc[n+]1C)Cc1nccn1-2. The van der Waals surface area contributed by atoms with Gasteiger partial charge in [0.05, 0.1) is 5.56 Å². The van der Waals surface area contributed by atoms with Crippen LogP contribution in [0, 0.1) is 6.92 Å². The third-order valence-electron chi connectivity index (χ3n) is 4.09. The van der Waals surface area contributed by atoms with Crippen molar-refractivity contribution in [3.05, 3.63) is 65.9 Å². The van der Waals surface area contributed by atoms with Gasteiger partial charge < -0.3 is 0 Å². The Balaban J connectivity index is 2.08. The zero-order valence-corrected chi connectivity index (χ0v) is 11.7. The van der Waals surface area contributed by atoms with Crippen LogP contribution in [0.1, 0.15) is 17.0 Å². The Morgan fingerprint density at radius 1 is 1.20 bits per heavy atom. The molecule has 0 bridgehead atoms. The Morgan fingerprint density at radius 3 is 2.90 bits per heavy atom. The Bertz CT molecular complexity index is 815. The molecule has 1 aromatic carbocycles. The van der Waals surface area contributed by atoms with E-state index in [9.17, 15) is 0 Å². The lowest BCUT2D eigenvalue weighted by atomic mass is 10.0. The van der Waals surface area contributed by atoms with E-state index in [1.165, 1.54) is 28.1 Å². The second-order valence-corrected chi connectivity index (χ2v) is 5.35. The van der Waals surface area contributed by atoms with Gasteiger partial charge >= 0.3 is 0 Å². The predicted molar refractivity (Wildman–Crippen MR) is 77.7 cm³/mol. The molecule has 1 aliphatic rings. The molecule has 4 rings (SSSR count). The van der Waals surface area contributed by atoms with Crippen molar-refractivity contribution < 1.29 is 4.57 Å². The van der Waals surface area contributed by atoms with E-state index in [-0.39, 0.29) is 0 Å². The van der Waals surface area contributed by atoms with Crippen LogP contribution in [-0.4, -0.2) is 9.55 Å². The summed E-state index contributed by atoms with van der Waals surface area (Å²) < 4.78 is 4.42. The summed E-state index contributed by atoms with van der Waals surface area (Å²) in [6.07, 6.45) is 7.00. The number of aromatic nitrogens is 3. The van der Waals surface area contributed by atoms with Crippen LogP contribution in [0.15, 0.2) is 48.9 Å². The minimum atomic E-state index is 0.919. The van der Waals surface area contributed by atoms with Crippen molar-refractivity contribution in [2.24, 2.45) is 7.05 Å². The molecule has 0 spiro atoms. The van der Waals surface area contributed by atoms with E-state index in [4.69, 9.17) is 0 Å². The van der Waals surface area contributed by atoms with Gasteiger partial charge in [-0.3, -0.25) is 4.57 Å². The fourth-order valence-electron chi connectivity index (χ4n) is 3.08. The molecule has 0 N–H and O–H groups in total. The zero-order chi connectivity index (χ0) is 13.7. The van der Waals surface area contributed by atoms with Crippen molar-refractivity contribution in [1.29, 1.82) is 0 Å². The Hall–Kier alpha value is -2.42. The molecule has 0 aliphatic carbocycles. The molecule has 0 atom stereocenters. The largest absolute Gasteiger partial charge is 0.297 e. The second kappa shape index (κ2) is 4.04. The minimum Gasteiger partial charge on any atom is -0.297 e. The van der Waals surface area contributed by atoms with Crippen LogP contribution in [0.4, 0.5) is 0 Å². The smallest absolute Gasteiger partial charge is 0.237 e. The maximum Gasteiger partial charge on any atom is 0.237 e. The van der Waals surface area contributed by atoms with Gasteiger partial charge in [-0.1, -0.05) is 18.2 Å². The number of hydrogen-bond donors (Lipinski definition) is 0. The third-order valence-corrected chi connectivity index (χ3v) is 4.09. The molecule has 0 fully saturated rings. The molecule has 20 heavy (non-hydrogen) atoms. The average Bonchev–Trinajstić information content (AvgIpc) is 3.01. The van der Waals surface area contributed by atoms with Gasteiger partial charge in [0.25, 0.3) is 0 Å². The number of aryl methyl sites for hydroxylation is 2. The highest BCUT2D eigenvalue weighted by Gasteiger charge is 2.28. The lowest BCUT2D eigenvalue weighted by molar-refractivity contribution is -0.660. The molecule has 98 valence electrons. The fourth-order valence-corrected chi connectivity index (χ4v) is 3.08. The first-order valence-corrected chi connectivity index (χ1v) is 6.86. The lowest BCUT2D eigenvalue weighted by Gasteiger charge is -2.10. The highest BCUT2D eigenvalue weighted by molar-refractivity contribution is 5.72. The number of hydrogen-bond acceptors (Lipinski definition) is 1. The molecule has 1 aliphatic heterocycles. The number of pyridine rings is 1. The van der Waals surface area contributed by atoms with Crippen molar-refractivity contribution in [1.82, 2.24) is 9.55 Å². The number of rotatable bonds is 1. The summed E-state index contributed by atoms with van der Waals surface area (Å²) in [6, 6.07) is 10.8. The quantitative estimate of drug-likeness (QED) is 0.483. The Kier molecular flexibility index (Phi) is 2.30. The number of benzene rings is 1. The standard InChI is InChI=1S/C17H16N3/c1-12-5-3-4-6-14(12)17-16-13(7-9-19(17)2)11-15-18-8-10-20(15)16/h3-10H,11H2,1-2H3/q+1. The summed E-state index contributed by atoms with van der Waals surface area (Å²) in [5.41, 5.74) is 6.47.